The van der Waals surface area contributed by atoms with Crippen LogP contribution in [0.1, 0.15) is 20.8 Å². The van der Waals surface area contributed by atoms with Crippen molar-refractivity contribution in [3.05, 3.63) is 23.2 Å². The molecule has 0 amide bonds. The molecule has 0 spiro atoms. The first kappa shape index (κ1) is 12.8. The van der Waals surface area contributed by atoms with Gasteiger partial charge in [0.15, 0.2) is 9.84 Å². The van der Waals surface area contributed by atoms with E-state index in [4.69, 9.17) is 4.74 Å². The minimum absolute atomic E-state index is 0.000208. The van der Waals surface area contributed by atoms with Crippen LogP contribution in [-0.2, 0) is 19.4 Å². The van der Waals surface area contributed by atoms with Crippen LogP contribution in [0.3, 0.4) is 0 Å². The van der Waals surface area contributed by atoms with Crippen molar-refractivity contribution in [3.8, 4) is 0 Å². The first-order valence-electron chi connectivity index (χ1n) is 4.77. The van der Waals surface area contributed by atoms with Gasteiger partial charge in [0.2, 0.25) is 0 Å². The van der Waals surface area contributed by atoms with Gasteiger partial charge in [-0.05, 0) is 20.8 Å². The SMILES string of the molecule is CC(C)(C)OC(=O)CN1C=CS(=O)(=O)C=C1. The number of ether oxygens (including phenoxy) is 1. The van der Waals surface area contributed by atoms with E-state index >= 15 is 0 Å². The summed E-state index contributed by atoms with van der Waals surface area (Å²) in [6.07, 6.45) is 2.67. The predicted octanol–water partition coefficient (Wildman–Crippen LogP) is 1.00. The molecule has 0 fully saturated rings. The second-order valence-corrected chi connectivity index (χ2v) is 6.14. The summed E-state index contributed by atoms with van der Waals surface area (Å²) < 4.78 is 27.1. The third-order valence-corrected chi connectivity index (χ3v) is 2.62. The van der Waals surface area contributed by atoms with E-state index in [1.54, 1.807) is 20.8 Å². The van der Waals surface area contributed by atoms with Crippen LogP contribution in [0.25, 0.3) is 0 Å². The van der Waals surface area contributed by atoms with Crippen LogP contribution in [0, 0.1) is 0 Å². The number of sulfone groups is 1. The van der Waals surface area contributed by atoms with Crippen LogP contribution < -0.4 is 0 Å². The molecule has 1 heterocycles. The fourth-order valence-corrected chi connectivity index (χ4v) is 1.79. The second-order valence-electron chi connectivity index (χ2n) is 4.42. The summed E-state index contributed by atoms with van der Waals surface area (Å²) >= 11 is 0. The summed E-state index contributed by atoms with van der Waals surface area (Å²) in [5, 5.41) is 2.08. The molecule has 0 aromatic rings. The lowest BCUT2D eigenvalue weighted by Gasteiger charge is -2.22. The highest BCUT2D eigenvalue weighted by atomic mass is 32.2. The van der Waals surface area contributed by atoms with E-state index in [0.29, 0.717) is 0 Å². The summed E-state index contributed by atoms with van der Waals surface area (Å²) in [5.41, 5.74) is -0.535. The molecule has 16 heavy (non-hydrogen) atoms. The number of nitrogens with zero attached hydrogens (tertiary/aromatic N) is 1. The molecule has 1 rings (SSSR count). The maximum Gasteiger partial charge on any atom is 0.326 e. The lowest BCUT2D eigenvalue weighted by molar-refractivity contribution is -0.154. The third kappa shape index (κ3) is 4.48. The minimum Gasteiger partial charge on any atom is -0.459 e. The summed E-state index contributed by atoms with van der Waals surface area (Å²) in [7, 11) is -3.24. The van der Waals surface area contributed by atoms with Gasteiger partial charge in [-0.3, -0.25) is 4.79 Å². The Morgan fingerprint density at radius 3 is 2.19 bits per heavy atom. The molecule has 6 heteroatoms. The minimum atomic E-state index is -3.24. The average Bonchev–Trinajstić information content (AvgIpc) is 2.05. The topological polar surface area (TPSA) is 63.7 Å². The average molecular weight is 245 g/mol. The molecule has 5 nitrogen and oxygen atoms in total. The molecular formula is C10H15NO4S. The van der Waals surface area contributed by atoms with E-state index in [1.165, 1.54) is 17.3 Å². The Hall–Kier alpha value is -1.30. The molecule has 0 saturated heterocycles. The number of hydrogen-bond donors (Lipinski definition) is 0. The molecule has 0 N–H and O–H groups in total. The highest BCUT2D eigenvalue weighted by molar-refractivity contribution is 7.97. The molecule has 0 atom stereocenters. The Morgan fingerprint density at radius 2 is 1.75 bits per heavy atom. The lowest BCUT2D eigenvalue weighted by Crippen LogP contribution is -2.30. The van der Waals surface area contributed by atoms with Gasteiger partial charge in [-0.2, -0.15) is 0 Å². The molecule has 1 aliphatic rings. The van der Waals surface area contributed by atoms with Crippen molar-refractivity contribution >= 4 is 15.8 Å². The summed E-state index contributed by atoms with van der Waals surface area (Å²) in [6.45, 7) is 5.32. The Labute approximate surface area is 95.3 Å². The molecule has 0 aromatic heterocycles. The van der Waals surface area contributed by atoms with E-state index < -0.39 is 21.4 Å². The molecule has 0 bridgehead atoms. The van der Waals surface area contributed by atoms with Gasteiger partial charge in [-0.15, -0.1) is 0 Å². The number of carbonyl (C=O) groups is 1. The largest absolute Gasteiger partial charge is 0.459 e. The van der Waals surface area contributed by atoms with Gasteiger partial charge in [-0.1, -0.05) is 0 Å². The molecule has 0 saturated carbocycles. The first-order chi connectivity index (χ1) is 7.18. The lowest BCUT2D eigenvalue weighted by atomic mass is 10.2. The zero-order chi connectivity index (χ0) is 12.4. The molecule has 0 radical (unpaired) electrons. The van der Waals surface area contributed by atoms with Crippen LogP contribution >= 0.6 is 0 Å². The van der Waals surface area contributed by atoms with E-state index in [0.717, 1.165) is 10.8 Å². The van der Waals surface area contributed by atoms with Crippen LogP contribution in [0.5, 0.6) is 0 Å². The quantitative estimate of drug-likeness (QED) is 0.679. The third-order valence-electron chi connectivity index (χ3n) is 1.62. The van der Waals surface area contributed by atoms with Crippen molar-refractivity contribution in [3.63, 3.8) is 0 Å². The van der Waals surface area contributed by atoms with Gasteiger partial charge in [0.1, 0.15) is 12.1 Å². The Bertz CT molecular complexity index is 408. The van der Waals surface area contributed by atoms with Gasteiger partial charge in [0.05, 0.1) is 10.8 Å². The summed E-state index contributed by atoms with van der Waals surface area (Å²) in [6, 6.07) is 0. The molecular weight excluding hydrogens is 230 g/mol. The Balaban J connectivity index is 2.53. The van der Waals surface area contributed by atoms with Gasteiger partial charge < -0.3 is 9.64 Å². The monoisotopic (exact) mass is 245 g/mol. The Kier molecular flexibility index (Phi) is 3.42. The zero-order valence-corrected chi connectivity index (χ0v) is 10.3. The van der Waals surface area contributed by atoms with Gasteiger partial charge in [0.25, 0.3) is 0 Å². The highest BCUT2D eigenvalue weighted by Gasteiger charge is 2.18. The normalized spacial score (nSPS) is 18.6. The fourth-order valence-electron chi connectivity index (χ4n) is 1.05. The van der Waals surface area contributed by atoms with Crippen LogP contribution in [0.2, 0.25) is 0 Å². The maximum absolute atomic E-state index is 11.4. The van der Waals surface area contributed by atoms with Crippen molar-refractivity contribution in [1.82, 2.24) is 4.90 Å². The Morgan fingerprint density at radius 1 is 1.25 bits per heavy atom. The molecule has 1 aliphatic heterocycles. The molecule has 0 aromatic carbocycles. The first-order valence-corrected chi connectivity index (χ1v) is 6.38. The molecule has 90 valence electrons. The van der Waals surface area contributed by atoms with E-state index in [1.807, 2.05) is 0 Å². The predicted molar refractivity (Wildman–Crippen MR) is 59.8 cm³/mol. The number of rotatable bonds is 2. The number of esters is 1. The molecule has 0 unspecified atom stereocenters. The van der Waals surface area contributed by atoms with E-state index in [2.05, 4.69) is 0 Å². The zero-order valence-electron chi connectivity index (χ0n) is 9.50. The van der Waals surface area contributed by atoms with E-state index in [9.17, 15) is 13.2 Å². The number of carbonyl (C=O) groups excluding carboxylic acids is 1. The van der Waals surface area contributed by atoms with Crippen molar-refractivity contribution in [2.24, 2.45) is 0 Å². The summed E-state index contributed by atoms with van der Waals surface area (Å²) in [4.78, 5) is 12.9. The van der Waals surface area contributed by atoms with Crippen molar-refractivity contribution < 1.29 is 17.9 Å². The summed E-state index contributed by atoms with van der Waals surface area (Å²) in [5.74, 6) is -0.402. The maximum atomic E-state index is 11.4. The highest BCUT2D eigenvalue weighted by Crippen LogP contribution is 2.10. The second kappa shape index (κ2) is 4.29. The van der Waals surface area contributed by atoms with Crippen molar-refractivity contribution in [2.45, 2.75) is 26.4 Å². The standard InChI is InChI=1S/C10H15NO4S/c1-10(2,3)15-9(12)8-11-4-6-16(13,14)7-5-11/h4-7H,8H2,1-3H3. The van der Waals surface area contributed by atoms with Crippen molar-refractivity contribution in [1.29, 1.82) is 0 Å². The molecule has 0 aliphatic carbocycles. The van der Waals surface area contributed by atoms with Gasteiger partial charge in [-0.25, -0.2) is 8.42 Å². The smallest absolute Gasteiger partial charge is 0.326 e. The van der Waals surface area contributed by atoms with Crippen molar-refractivity contribution in [2.75, 3.05) is 6.54 Å². The van der Waals surface area contributed by atoms with Gasteiger partial charge in [0, 0.05) is 12.4 Å². The fraction of sp³-hybridized carbons (Fsp3) is 0.500. The van der Waals surface area contributed by atoms with E-state index in [-0.39, 0.29) is 6.54 Å². The van der Waals surface area contributed by atoms with Crippen LogP contribution in [0.4, 0.5) is 0 Å². The van der Waals surface area contributed by atoms with Gasteiger partial charge >= 0.3 is 5.97 Å². The number of hydrogen-bond acceptors (Lipinski definition) is 5. The van der Waals surface area contributed by atoms with Crippen LogP contribution in [0.15, 0.2) is 23.2 Å². The van der Waals surface area contributed by atoms with Crippen LogP contribution in [-0.4, -0.2) is 31.4 Å².